The van der Waals surface area contributed by atoms with Gasteiger partial charge in [-0.05, 0) is 56.6 Å². The van der Waals surface area contributed by atoms with Crippen molar-refractivity contribution in [2.24, 2.45) is 0 Å². The van der Waals surface area contributed by atoms with Crippen molar-refractivity contribution in [2.75, 3.05) is 26.2 Å². The number of carbonyl (C=O) groups excluding carboxylic acids is 1. The Morgan fingerprint density at radius 2 is 2.35 bits per heavy atom. The molecule has 0 bridgehead atoms. The van der Waals surface area contributed by atoms with Crippen LogP contribution in [0.3, 0.4) is 0 Å². The summed E-state index contributed by atoms with van der Waals surface area (Å²) in [6.45, 7) is 5.10. The molecular formula is C15H24N2O2S. The van der Waals surface area contributed by atoms with Gasteiger partial charge in [0.15, 0.2) is 0 Å². The maximum absolute atomic E-state index is 11.9. The van der Waals surface area contributed by atoms with Crippen LogP contribution in [0.5, 0.6) is 0 Å². The van der Waals surface area contributed by atoms with E-state index in [0.29, 0.717) is 6.04 Å². The number of amides is 1. The predicted molar refractivity (Wildman–Crippen MR) is 82.3 cm³/mol. The molecule has 1 aliphatic heterocycles. The fourth-order valence-electron chi connectivity index (χ4n) is 2.73. The molecule has 1 atom stereocenters. The highest BCUT2D eigenvalue weighted by atomic mass is 32.1. The molecule has 0 radical (unpaired) electrons. The van der Waals surface area contributed by atoms with Gasteiger partial charge in [-0.2, -0.15) is 11.3 Å². The van der Waals surface area contributed by atoms with Crippen LogP contribution < -0.4 is 5.32 Å². The first-order valence-electron chi connectivity index (χ1n) is 7.38. The molecule has 0 spiro atoms. The molecule has 1 aromatic rings. The third-order valence-corrected chi connectivity index (χ3v) is 4.83. The minimum absolute atomic E-state index is 0.0400. The lowest BCUT2D eigenvalue weighted by molar-refractivity contribution is 0.0952. The van der Waals surface area contributed by atoms with Crippen LogP contribution in [-0.2, 0) is 0 Å². The van der Waals surface area contributed by atoms with Gasteiger partial charge in [0, 0.05) is 18.0 Å². The Morgan fingerprint density at radius 1 is 1.50 bits per heavy atom. The van der Waals surface area contributed by atoms with Crippen LogP contribution in [0.25, 0.3) is 0 Å². The molecule has 5 heteroatoms. The molecule has 2 heterocycles. The standard InChI is InChI=1S/C15H24N2O2S/c1-12-10-20-11-14(12)15(19)16-6-2-3-7-17-8-4-5-13(17)9-18/h10-11,13,18H,2-9H2,1H3,(H,16,19). The molecule has 2 N–H and O–H groups in total. The van der Waals surface area contributed by atoms with Crippen molar-refractivity contribution >= 4 is 17.2 Å². The predicted octanol–water partition coefficient (Wildman–Crippen LogP) is 2.02. The van der Waals surface area contributed by atoms with E-state index < -0.39 is 0 Å². The van der Waals surface area contributed by atoms with Crippen molar-refractivity contribution in [3.8, 4) is 0 Å². The molecule has 1 amide bonds. The monoisotopic (exact) mass is 296 g/mol. The van der Waals surface area contributed by atoms with Crippen molar-refractivity contribution in [1.82, 2.24) is 10.2 Å². The lowest BCUT2D eigenvalue weighted by atomic mass is 10.2. The van der Waals surface area contributed by atoms with E-state index in [0.717, 1.165) is 50.0 Å². The minimum atomic E-state index is 0.0400. The number of nitrogens with zero attached hydrogens (tertiary/aromatic N) is 1. The van der Waals surface area contributed by atoms with E-state index in [9.17, 15) is 9.90 Å². The zero-order valence-electron chi connectivity index (χ0n) is 12.1. The molecule has 4 nitrogen and oxygen atoms in total. The quantitative estimate of drug-likeness (QED) is 0.757. The number of hydrogen-bond donors (Lipinski definition) is 2. The van der Waals surface area contributed by atoms with Crippen LogP contribution in [0.4, 0.5) is 0 Å². The van der Waals surface area contributed by atoms with Gasteiger partial charge in [0.1, 0.15) is 0 Å². The summed E-state index contributed by atoms with van der Waals surface area (Å²) in [4.78, 5) is 14.3. The van der Waals surface area contributed by atoms with Crippen LogP contribution in [-0.4, -0.2) is 48.2 Å². The van der Waals surface area contributed by atoms with Crippen molar-refractivity contribution in [3.05, 3.63) is 21.9 Å². The van der Waals surface area contributed by atoms with Gasteiger partial charge in [-0.3, -0.25) is 9.69 Å². The number of aryl methyl sites for hydroxylation is 1. The molecule has 1 fully saturated rings. The number of hydrogen-bond acceptors (Lipinski definition) is 4. The number of carbonyl (C=O) groups is 1. The zero-order chi connectivity index (χ0) is 14.4. The second-order valence-electron chi connectivity index (χ2n) is 5.45. The summed E-state index contributed by atoms with van der Waals surface area (Å²) in [6.07, 6.45) is 4.37. The van der Waals surface area contributed by atoms with Gasteiger partial charge in [0.2, 0.25) is 0 Å². The van der Waals surface area contributed by atoms with Gasteiger partial charge in [-0.25, -0.2) is 0 Å². The third-order valence-electron chi connectivity index (χ3n) is 3.97. The van der Waals surface area contributed by atoms with Gasteiger partial charge in [-0.1, -0.05) is 0 Å². The van der Waals surface area contributed by atoms with Crippen LogP contribution in [0.1, 0.15) is 41.6 Å². The number of unbranched alkanes of at least 4 members (excludes halogenated alkanes) is 1. The van der Waals surface area contributed by atoms with Crippen LogP contribution in [0.2, 0.25) is 0 Å². The second kappa shape index (κ2) is 7.76. The molecule has 1 aliphatic rings. The molecule has 112 valence electrons. The summed E-state index contributed by atoms with van der Waals surface area (Å²) < 4.78 is 0. The Labute approximate surface area is 124 Å². The normalized spacial score (nSPS) is 19.4. The molecule has 1 saturated heterocycles. The number of nitrogens with one attached hydrogen (secondary N) is 1. The fraction of sp³-hybridized carbons (Fsp3) is 0.667. The average molecular weight is 296 g/mol. The average Bonchev–Trinajstić information content (AvgIpc) is 3.06. The van der Waals surface area contributed by atoms with E-state index in [4.69, 9.17) is 0 Å². The third kappa shape index (κ3) is 4.04. The maximum atomic E-state index is 11.9. The van der Waals surface area contributed by atoms with Gasteiger partial charge in [-0.15, -0.1) is 0 Å². The zero-order valence-corrected chi connectivity index (χ0v) is 12.9. The Morgan fingerprint density at radius 3 is 3.05 bits per heavy atom. The summed E-state index contributed by atoms with van der Waals surface area (Å²) in [5.74, 6) is 0.0400. The number of aliphatic hydroxyl groups excluding tert-OH is 1. The van der Waals surface area contributed by atoms with Crippen molar-refractivity contribution < 1.29 is 9.90 Å². The summed E-state index contributed by atoms with van der Waals surface area (Å²) in [6, 6.07) is 0.359. The first kappa shape index (κ1) is 15.5. The molecule has 0 aromatic carbocycles. The molecular weight excluding hydrogens is 272 g/mol. The Hall–Kier alpha value is -0.910. The van der Waals surface area contributed by atoms with Gasteiger partial charge in [0.25, 0.3) is 5.91 Å². The lowest BCUT2D eigenvalue weighted by Crippen LogP contribution is -2.33. The summed E-state index contributed by atoms with van der Waals surface area (Å²) >= 11 is 1.57. The first-order chi connectivity index (χ1) is 9.72. The van der Waals surface area contributed by atoms with E-state index in [1.165, 1.54) is 6.42 Å². The van der Waals surface area contributed by atoms with Crippen LogP contribution in [0.15, 0.2) is 10.8 Å². The van der Waals surface area contributed by atoms with E-state index in [2.05, 4.69) is 10.2 Å². The molecule has 1 unspecified atom stereocenters. The second-order valence-corrected chi connectivity index (χ2v) is 6.19. The maximum Gasteiger partial charge on any atom is 0.252 e. The Balaban J connectivity index is 1.60. The highest BCUT2D eigenvalue weighted by molar-refractivity contribution is 7.08. The van der Waals surface area contributed by atoms with E-state index in [1.807, 2.05) is 17.7 Å². The summed E-state index contributed by atoms with van der Waals surface area (Å²) in [5, 5.41) is 16.1. The van der Waals surface area contributed by atoms with Gasteiger partial charge in [0.05, 0.1) is 12.2 Å². The first-order valence-corrected chi connectivity index (χ1v) is 8.32. The van der Waals surface area contributed by atoms with E-state index >= 15 is 0 Å². The van der Waals surface area contributed by atoms with Crippen LogP contribution >= 0.6 is 11.3 Å². The highest BCUT2D eigenvalue weighted by Gasteiger charge is 2.22. The van der Waals surface area contributed by atoms with E-state index in [-0.39, 0.29) is 12.5 Å². The topological polar surface area (TPSA) is 52.6 Å². The molecule has 0 aliphatic carbocycles. The van der Waals surface area contributed by atoms with Gasteiger partial charge < -0.3 is 10.4 Å². The molecule has 0 saturated carbocycles. The Kier molecular flexibility index (Phi) is 6.01. The number of rotatable bonds is 7. The highest BCUT2D eigenvalue weighted by Crippen LogP contribution is 2.17. The largest absolute Gasteiger partial charge is 0.395 e. The molecule has 2 rings (SSSR count). The van der Waals surface area contributed by atoms with Crippen molar-refractivity contribution in [1.29, 1.82) is 0 Å². The SMILES string of the molecule is Cc1cscc1C(=O)NCCCCN1CCCC1CO. The Bertz CT molecular complexity index is 433. The summed E-state index contributed by atoms with van der Waals surface area (Å²) in [5.41, 5.74) is 1.85. The smallest absolute Gasteiger partial charge is 0.252 e. The van der Waals surface area contributed by atoms with Gasteiger partial charge >= 0.3 is 0 Å². The molecule has 1 aromatic heterocycles. The van der Waals surface area contributed by atoms with Crippen molar-refractivity contribution in [3.63, 3.8) is 0 Å². The number of likely N-dealkylation sites (tertiary alicyclic amines) is 1. The lowest BCUT2D eigenvalue weighted by Gasteiger charge is -2.22. The molecule has 20 heavy (non-hydrogen) atoms. The van der Waals surface area contributed by atoms with Crippen molar-refractivity contribution in [2.45, 2.75) is 38.6 Å². The number of thiophene rings is 1. The van der Waals surface area contributed by atoms with E-state index in [1.54, 1.807) is 11.3 Å². The number of aliphatic hydroxyl groups is 1. The fourth-order valence-corrected chi connectivity index (χ4v) is 3.55. The minimum Gasteiger partial charge on any atom is -0.395 e. The van der Waals surface area contributed by atoms with Crippen LogP contribution in [0, 0.1) is 6.92 Å². The summed E-state index contributed by atoms with van der Waals surface area (Å²) in [7, 11) is 0.